The van der Waals surface area contributed by atoms with E-state index in [-0.39, 0.29) is 18.7 Å². The smallest absolute Gasteiger partial charge is 0.329 e. The summed E-state index contributed by atoms with van der Waals surface area (Å²) in [5, 5.41) is 21.3. The lowest BCUT2D eigenvalue weighted by atomic mass is 10.1. The van der Waals surface area contributed by atoms with Crippen molar-refractivity contribution < 1.29 is 28.7 Å². The van der Waals surface area contributed by atoms with Gasteiger partial charge in [-0.25, -0.2) is 9.18 Å². The number of aliphatic carboxylic acids is 1. The standard InChI is InChI=1S/C11H11FN2O6/c12-7-1-2-8(9(5-7)14(18)19)11(17)13-3-4-20-6-10(15)16/h1-2,5H,3-4,6H2,(H,13,17)(H,15,16). The third kappa shape index (κ3) is 4.61. The van der Waals surface area contributed by atoms with Gasteiger partial charge in [-0.1, -0.05) is 0 Å². The Bertz CT molecular complexity index is 534. The summed E-state index contributed by atoms with van der Waals surface area (Å²) in [6.07, 6.45) is 0. The minimum Gasteiger partial charge on any atom is -0.480 e. The van der Waals surface area contributed by atoms with E-state index in [9.17, 15) is 24.1 Å². The number of rotatable bonds is 7. The van der Waals surface area contributed by atoms with E-state index in [1.54, 1.807) is 0 Å². The number of hydrogen-bond donors (Lipinski definition) is 2. The van der Waals surface area contributed by atoms with Gasteiger partial charge in [0.25, 0.3) is 11.6 Å². The molecular formula is C11H11FN2O6. The molecule has 0 aliphatic heterocycles. The maximum atomic E-state index is 12.9. The number of nitrogens with zero attached hydrogens (tertiary/aromatic N) is 1. The molecule has 1 rings (SSSR count). The maximum absolute atomic E-state index is 12.9. The molecule has 0 bridgehead atoms. The molecule has 0 aliphatic rings. The second-order valence-corrected chi connectivity index (χ2v) is 3.62. The van der Waals surface area contributed by atoms with Crippen LogP contribution in [0.1, 0.15) is 10.4 Å². The number of carboxylic acids is 1. The lowest BCUT2D eigenvalue weighted by Gasteiger charge is -2.06. The van der Waals surface area contributed by atoms with E-state index in [4.69, 9.17) is 5.11 Å². The fourth-order valence-electron chi connectivity index (χ4n) is 1.34. The number of nitro groups is 1. The van der Waals surface area contributed by atoms with Gasteiger partial charge in [0.2, 0.25) is 0 Å². The lowest BCUT2D eigenvalue weighted by Crippen LogP contribution is -2.28. The summed E-state index contributed by atoms with van der Waals surface area (Å²) in [6.45, 7) is -0.597. The van der Waals surface area contributed by atoms with E-state index in [1.807, 2.05) is 0 Å². The first-order valence-corrected chi connectivity index (χ1v) is 5.43. The monoisotopic (exact) mass is 286 g/mol. The van der Waals surface area contributed by atoms with Gasteiger partial charge in [0, 0.05) is 6.54 Å². The van der Waals surface area contributed by atoms with Crippen molar-refractivity contribution in [1.29, 1.82) is 0 Å². The molecule has 1 aromatic carbocycles. The van der Waals surface area contributed by atoms with Crippen LogP contribution in [0.15, 0.2) is 18.2 Å². The molecule has 0 heterocycles. The van der Waals surface area contributed by atoms with Gasteiger partial charge < -0.3 is 15.2 Å². The largest absolute Gasteiger partial charge is 0.480 e. The summed E-state index contributed by atoms with van der Waals surface area (Å²) >= 11 is 0. The molecule has 0 spiro atoms. The van der Waals surface area contributed by atoms with Crippen molar-refractivity contribution in [2.75, 3.05) is 19.8 Å². The number of benzene rings is 1. The molecule has 8 nitrogen and oxygen atoms in total. The van der Waals surface area contributed by atoms with Gasteiger partial charge >= 0.3 is 5.97 Å². The van der Waals surface area contributed by atoms with Crippen LogP contribution in [0, 0.1) is 15.9 Å². The Morgan fingerprint density at radius 2 is 2.15 bits per heavy atom. The predicted molar refractivity (Wildman–Crippen MR) is 63.8 cm³/mol. The number of halogens is 1. The zero-order valence-electron chi connectivity index (χ0n) is 10.2. The SMILES string of the molecule is O=C(O)COCCNC(=O)c1ccc(F)cc1[N+](=O)[O-]. The average Bonchev–Trinajstić information content (AvgIpc) is 2.37. The summed E-state index contributed by atoms with van der Waals surface area (Å²) in [5.41, 5.74) is -0.927. The number of carboxylic acid groups (broad SMARTS) is 1. The van der Waals surface area contributed by atoms with Gasteiger partial charge in [0.15, 0.2) is 0 Å². The van der Waals surface area contributed by atoms with Crippen molar-refractivity contribution in [3.63, 3.8) is 0 Å². The highest BCUT2D eigenvalue weighted by atomic mass is 19.1. The molecule has 0 radical (unpaired) electrons. The van der Waals surface area contributed by atoms with Crippen molar-refractivity contribution in [1.82, 2.24) is 5.32 Å². The van der Waals surface area contributed by atoms with Gasteiger partial charge in [-0.2, -0.15) is 0 Å². The first-order chi connectivity index (χ1) is 9.41. The molecule has 0 atom stereocenters. The van der Waals surface area contributed by atoms with E-state index in [2.05, 4.69) is 10.1 Å². The highest BCUT2D eigenvalue weighted by Crippen LogP contribution is 2.19. The Hall–Kier alpha value is -2.55. The Balaban J connectivity index is 2.59. The van der Waals surface area contributed by atoms with Crippen molar-refractivity contribution in [3.05, 3.63) is 39.7 Å². The van der Waals surface area contributed by atoms with Crippen LogP contribution in [0.4, 0.5) is 10.1 Å². The molecule has 2 N–H and O–H groups in total. The zero-order chi connectivity index (χ0) is 15.1. The average molecular weight is 286 g/mol. The number of carbonyl (C=O) groups is 2. The number of nitrogens with one attached hydrogen (secondary N) is 1. The molecule has 1 amide bonds. The second-order valence-electron chi connectivity index (χ2n) is 3.62. The summed E-state index contributed by atoms with van der Waals surface area (Å²) in [5.74, 6) is -2.74. The fourth-order valence-corrected chi connectivity index (χ4v) is 1.34. The van der Waals surface area contributed by atoms with E-state index < -0.39 is 34.9 Å². The van der Waals surface area contributed by atoms with Gasteiger partial charge in [0.1, 0.15) is 18.0 Å². The molecule has 108 valence electrons. The van der Waals surface area contributed by atoms with Gasteiger partial charge in [0.05, 0.1) is 17.6 Å². The summed E-state index contributed by atoms with van der Waals surface area (Å²) in [6, 6.07) is 2.58. The van der Waals surface area contributed by atoms with Crippen LogP contribution in [0.5, 0.6) is 0 Å². The molecule has 0 saturated carbocycles. The molecule has 1 aromatic rings. The lowest BCUT2D eigenvalue weighted by molar-refractivity contribution is -0.385. The third-order valence-electron chi connectivity index (χ3n) is 2.16. The van der Waals surface area contributed by atoms with Crippen LogP contribution in [0.25, 0.3) is 0 Å². The number of nitro benzene ring substituents is 1. The minimum absolute atomic E-state index is 0.0271. The van der Waals surface area contributed by atoms with E-state index in [0.29, 0.717) is 6.07 Å². The molecule has 9 heteroatoms. The van der Waals surface area contributed by atoms with Crippen molar-refractivity contribution >= 4 is 17.6 Å². The predicted octanol–water partition coefficient (Wildman–Crippen LogP) is 0.565. The Labute approximate surface area is 112 Å². The maximum Gasteiger partial charge on any atom is 0.329 e. The quantitative estimate of drug-likeness (QED) is 0.429. The second kappa shape index (κ2) is 7.14. The molecule has 0 aromatic heterocycles. The van der Waals surface area contributed by atoms with E-state index in [0.717, 1.165) is 12.1 Å². The first kappa shape index (κ1) is 15.5. The Kier molecular flexibility index (Phi) is 5.54. The summed E-state index contributed by atoms with van der Waals surface area (Å²) in [4.78, 5) is 31.7. The number of ether oxygens (including phenoxy) is 1. The van der Waals surface area contributed by atoms with Gasteiger partial charge in [-0.05, 0) is 12.1 Å². The highest BCUT2D eigenvalue weighted by molar-refractivity contribution is 5.98. The van der Waals surface area contributed by atoms with Crippen LogP contribution in [-0.4, -0.2) is 41.7 Å². The Morgan fingerprint density at radius 1 is 1.45 bits per heavy atom. The number of carbonyl (C=O) groups excluding carboxylic acids is 1. The summed E-state index contributed by atoms with van der Waals surface area (Å²) in [7, 11) is 0. The number of amides is 1. The van der Waals surface area contributed by atoms with E-state index in [1.165, 1.54) is 0 Å². The van der Waals surface area contributed by atoms with Gasteiger partial charge in [-0.15, -0.1) is 0 Å². The van der Waals surface area contributed by atoms with Crippen LogP contribution in [0.2, 0.25) is 0 Å². The first-order valence-electron chi connectivity index (χ1n) is 5.43. The van der Waals surface area contributed by atoms with Crippen molar-refractivity contribution in [3.8, 4) is 0 Å². The molecule has 0 unspecified atom stereocenters. The van der Waals surface area contributed by atoms with Crippen LogP contribution in [0.3, 0.4) is 0 Å². The minimum atomic E-state index is -1.15. The van der Waals surface area contributed by atoms with Crippen LogP contribution >= 0.6 is 0 Å². The number of hydrogen-bond acceptors (Lipinski definition) is 5. The molecule has 0 fully saturated rings. The van der Waals surface area contributed by atoms with E-state index >= 15 is 0 Å². The third-order valence-corrected chi connectivity index (χ3v) is 2.16. The topological polar surface area (TPSA) is 119 Å². The van der Waals surface area contributed by atoms with Crippen LogP contribution in [-0.2, 0) is 9.53 Å². The fraction of sp³-hybridized carbons (Fsp3) is 0.273. The van der Waals surface area contributed by atoms with Crippen LogP contribution < -0.4 is 5.32 Å². The molecular weight excluding hydrogens is 275 g/mol. The summed E-state index contributed by atoms with van der Waals surface area (Å²) < 4.78 is 17.6. The molecule has 0 saturated heterocycles. The highest BCUT2D eigenvalue weighted by Gasteiger charge is 2.20. The van der Waals surface area contributed by atoms with Crippen molar-refractivity contribution in [2.45, 2.75) is 0 Å². The zero-order valence-corrected chi connectivity index (χ0v) is 10.2. The molecule has 20 heavy (non-hydrogen) atoms. The Morgan fingerprint density at radius 3 is 2.75 bits per heavy atom. The molecule has 0 aliphatic carbocycles. The normalized spacial score (nSPS) is 10.1. The van der Waals surface area contributed by atoms with Gasteiger partial charge in [-0.3, -0.25) is 14.9 Å². The van der Waals surface area contributed by atoms with Crippen molar-refractivity contribution in [2.24, 2.45) is 0 Å².